The van der Waals surface area contributed by atoms with Crippen molar-refractivity contribution in [1.82, 2.24) is 5.32 Å². The Labute approximate surface area is 85.0 Å². The van der Waals surface area contributed by atoms with Crippen LogP contribution in [-0.2, 0) is 14.3 Å². The minimum Gasteiger partial charge on any atom is -0.459 e. The Hall–Kier alpha value is -0.610. The zero-order chi connectivity index (χ0) is 10.4. The van der Waals surface area contributed by atoms with E-state index in [2.05, 4.69) is 5.32 Å². The van der Waals surface area contributed by atoms with E-state index in [0.717, 1.165) is 19.4 Å². The van der Waals surface area contributed by atoms with Crippen LogP contribution in [0.4, 0.5) is 0 Å². The first-order valence-electron chi connectivity index (χ1n) is 5.25. The number of hydrogen-bond donors (Lipinski definition) is 1. The van der Waals surface area contributed by atoms with Crippen molar-refractivity contribution < 1.29 is 14.3 Å². The quantitative estimate of drug-likeness (QED) is 0.665. The van der Waals surface area contributed by atoms with Gasteiger partial charge in [-0.3, -0.25) is 4.79 Å². The van der Waals surface area contributed by atoms with Crippen molar-refractivity contribution in [2.75, 3.05) is 19.8 Å². The molecule has 0 aromatic rings. The van der Waals surface area contributed by atoms with Crippen molar-refractivity contribution in [2.45, 2.75) is 38.8 Å². The molecule has 82 valence electrons. The van der Waals surface area contributed by atoms with Gasteiger partial charge < -0.3 is 14.8 Å². The molecule has 2 atom stereocenters. The lowest BCUT2D eigenvalue weighted by Crippen LogP contribution is -2.35. The molecule has 0 radical (unpaired) electrons. The number of esters is 1. The molecule has 0 aromatic carbocycles. The fourth-order valence-electron chi connectivity index (χ4n) is 1.48. The number of ether oxygens (including phenoxy) is 2. The lowest BCUT2D eigenvalue weighted by Gasteiger charge is -2.16. The molecule has 0 spiro atoms. The van der Waals surface area contributed by atoms with E-state index in [4.69, 9.17) is 9.47 Å². The molecule has 0 aromatic heterocycles. The lowest BCUT2D eigenvalue weighted by atomic mass is 10.2. The molecule has 0 bridgehead atoms. The van der Waals surface area contributed by atoms with Gasteiger partial charge in [-0.15, -0.1) is 0 Å². The number of rotatable bonds is 5. The SMILES string of the molecule is CCOCC(C)OC(=O)[C@@H]1CCCN1. The summed E-state index contributed by atoms with van der Waals surface area (Å²) in [4.78, 5) is 11.5. The van der Waals surface area contributed by atoms with Crippen molar-refractivity contribution in [3.05, 3.63) is 0 Å². The maximum atomic E-state index is 11.5. The Kier molecular flexibility index (Phi) is 4.90. The maximum absolute atomic E-state index is 11.5. The smallest absolute Gasteiger partial charge is 0.323 e. The third kappa shape index (κ3) is 3.64. The largest absolute Gasteiger partial charge is 0.459 e. The summed E-state index contributed by atoms with van der Waals surface area (Å²) in [6.07, 6.45) is 1.80. The van der Waals surface area contributed by atoms with E-state index in [0.29, 0.717) is 13.2 Å². The molecule has 4 nitrogen and oxygen atoms in total. The highest BCUT2D eigenvalue weighted by molar-refractivity contribution is 5.76. The highest BCUT2D eigenvalue weighted by Crippen LogP contribution is 2.07. The first-order chi connectivity index (χ1) is 6.74. The molecule has 1 aliphatic rings. The average Bonchev–Trinajstić information content (AvgIpc) is 2.67. The Morgan fingerprint density at radius 3 is 3.00 bits per heavy atom. The van der Waals surface area contributed by atoms with Crippen LogP contribution in [0.25, 0.3) is 0 Å². The maximum Gasteiger partial charge on any atom is 0.323 e. The van der Waals surface area contributed by atoms with Gasteiger partial charge in [0.15, 0.2) is 0 Å². The Morgan fingerprint density at radius 2 is 2.43 bits per heavy atom. The van der Waals surface area contributed by atoms with E-state index in [1.54, 1.807) is 0 Å². The molecular formula is C10H19NO3. The van der Waals surface area contributed by atoms with E-state index >= 15 is 0 Å². The molecule has 1 fully saturated rings. The highest BCUT2D eigenvalue weighted by Gasteiger charge is 2.24. The molecule has 14 heavy (non-hydrogen) atoms. The van der Waals surface area contributed by atoms with Crippen LogP contribution in [0.5, 0.6) is 0 Å². The van der Waals surface area contributed by atoms with E-state index in [1.807, 2.05) is 13.8 Å². The normalized spacial score (nSPS) is 23.4. The summed E-state index contributed by atoms with van der Waals surface area (Å²) in [6, 6.07) is -0.0981. The van der Waals surface area contributed by atoms with Crippen LogP contribution in [0, 0.1) is 0 Å². The van der Waals surface area contributed by atoms with Crippen LogP contribution in [0.3, 0.4) is 0 Å². The molecule has 0 saturated carbocycles. The van der Waals surface area contributed by atoms with Crippen LogP contribution >= 0.6 is 0 Å². The number of hydrogen-bond acceptors (Lipinski definition) is 4. The third-order valence-electron chi connectivity index (χ3n) is 2.22. The van der Waals surface area contributed by atoms with Crippen molar-refractivity contribution in [1.29, 1.82) is 0 Å². The zero-order valence-corrected chi connectivity index (χ0v) is 8.91. The fourth-order valence-corrected chi connectivity index (χ4v) is 1.48. The van der Waals surface area contributed by atoms with Gasteiger partial charge in [-0.05, 0) is 33.2 Å². The molecule has 1 saturated heterocycles. The average molecular weight is 201 g/mol. The van der Waals surface area contributed by atoms with Gasteiger partial charge in [0.25, 0.3) is 0 Å². The van der Waals surface area contributed by atoms with Crippen LogP contribution in [-0.4, -0.2) is 37.9 Å². The van der Waals surface area contributed by atoms with Crippen LogP contribution < -0.4 is 5.32 Å². The number of carbonyl (C=O) groups is 1. The molecular weight excluding hydrogens is 182 g/mol. The first-order valence-corrected chi connectivity index (χ1v) is 5.25. The second kappa shape index (κ2) is 5.98. The van der Waals surface area contributed by atoms with Crippen molar-refractivity contribution >= 4 is 5.97 Å². The third-order valence-corrected chi connectivity index (χ3v) is 2.22. The fraction of sp³-hybridized carbons (Fsp3) is 0.900. The molecule has 4 heteroatoms. The predicted octanol–water partition coefficient (Wildman–Crippen LogP) is 0.707. The van der Waals surface area contributed by atoms with E-state index in [9.17, 15) is 4.79 Å². The minimum atomic E-state index is -0.148. The standard InChI is InChI=1S/C10H19NO3/c1-3-13-7-8(2)14-10(12)9-5-4-6-11-9/h8-9,11H,3-7H2,1-2H3/t8?,9-/m0/s1. The Balaban J connectivity index is 2.18. The lowest BCUT2D eigenvalue weighted by molar-refractivity contribution is -0.153. The highest BCUT2D eigenvalue weighted by atomic mass is 16.6. The summed E-state index contributed by atoms with van der Waals surface area (Å²) in [5.74, 6) is -0.144. The van der Waals surface area contributed by atoms with E-state index in [-0.39, 0.29) is 18.1 Å². The second-order valence-electron chi connectivity index (χ2n) is 3.56. The summed E-state index contributed by atoms with van der Waals surface area (Å²) in [6.45, 7) is 5.83. The van der Waals surface area contributed by atoms with Gasteiger partial charge in [0.2, 0.25) is 0 Å². The number of carbonyl (C=O) groups excluding carboxylic acids is 1. The predicted molar refractivity (Wildman–Crippen MR) is 53.1 cm³/mol. The topological polar surface area (TPSA) is 47.6 Å². The zero-order valence-electron chi connectivity index (χ0n) is 8.91. The van der Waals surface area contributed by atoms with Crippen LogP contribution in [0.1, 0.15) is 26.7 Å². The summed E-state index contributed by atoms with van der Waals surface area (Å²) in [7, 11) is 0. The summed E-state index contributed by atoms with van der Waals surface area (Å²) in [5.41, 5.74) is 0. The van der Waals surface area contributed by atoms with E-state index in [1.165, 1.54) is 0 Å². The van der Waals surface area contributed by atoms with Gasteiger partial charge in [-0.2, -0.15) is 0 Å². The van der Waals surface area contributed by atoms with Gasteiger partial charge in [0, 0.05) is 6.61 Å². The second-order valence-corrected chi connectivity index (χ2v) is 3.56. The van der Waals surface area contributed by atoms with Gasteiger partial charge in [0.05, 0.1) is 6.61 Å². The minimum absolute atomic E-state index is 0.0981. The Morgan fingerprint density at radius 1 is 1.64 bits per heavy atom. The van der Waals surface area contributed by atoms with Crippen molar-refractivity contribution in [2.24, 2.45) is 0 Å². The van der Waals surface area contributed by atoms with Gasteiger partial charge in [0.1, 0.15) is 12.1 Å². The molecule has 1 aliphatic heterocycles. The molecule has 1 unspecified atom stereocenters. The van der Waals surface area contributed by atoms with E-state index < -0.39 is 0 Å². The molecule has 1 rings (SSSR count). The molecule has 1 heterocycles. The molecule has 0 aliphatic carbocycles. The summed E-state index contributed by atoms with van der Waals surface area (Å²) in [5, 5.41) is 3.10. The van der Waals surface area contributed by atoms with Gasteiger partial charge in [-0.25, -0.2) is 0 Å². The summed E-state index contributed by atoms with van der Waals surface area (Å²) < 4.78 is 10.4. The molecule has 1 N–H and O–H groups in total. The summed E-state index contributed by atoms with van der Waals surface area (Å²) >= 11 is 0. The van der Waals surface area contributed by atoms with Crippen LogP contribution in [0.2, 0.25) is 0 Å². The first kappa shape index (κ1) is 11.5. The number of nitrogens with one attached hydrogen (secondary N) is 1. The van der Waals surface area contributed by atoms with Gasteiger partial charge in [-0.1, -0.05) is 0 Å². The van der Waals surface area contributed by atoms with Crippen molar-refractivity contribution in [3.63, 3.8) is 0 Å². The van der Waals surface area contributed by atoms with Gasteiger partial charge >= 0.3 is 5.97 Å². The Bertz CT molecular complexity index is 178. The molecule has 0 amide bonds. The van der Waals surface area contributed by atoms with Crippen molar-refractivity contribution in [3.8, 4) is 0 Å². The monoisotopic (exact) mass is 201 g/mol. The van der Waals surface area contributed by atoms with Crippen LogP contribution in [0.15, 0.2) is 0 Å².